The Morgan fingerprint density at radius 1 is 1.16 bits per heavy atom. The van der Waals surface area contributed by atoms with E-state index >= 15 is 0 Å². The number of fused-ring (bicyclic) bond motifs is 1. The van der Waals surface area contributed by atoms with Crippen LogP contribution in [0.25, 0.3) is 0 Å². The summed E-state index contributed by atoms with van der Waals surface area (Å²) < 4.78 is 47.4. The number of halogens is 3. The van der Waals surface area contributed by atoms with E-state index in [1.807, 2.05) is 24.3 Å². The Morgan fingerprint density at radius 2 is 1.87 bits per heavy atom. The molecular formula is C27H28F3N5O3. The number of hydrogen-bond acceptors (Lipinski definition) is 6. The third-order valence-corrected chi connectivity index (χ3v) is 7.54. The van der Waals surface area contributed by atoms with E-state index in [1.165, 1.54) is 0 Å². The van der Waals surface area contributed by atoms with E-state index in [0.29, 0.717) is 38.8 Å². The fraction of sp³-hybridized carbons (Fsp3) is 0.481. The molecule has 0 spiro atoms. The van der Waals surface area contributed by atoms with Crippen LogP contribution in [0.2, 0.25) is 0 Å². The Hall–Kier alpha value is -3.81. The molecule has 1 saturated heterocycles. The number of para-hydroxylation sites is 1. The standard InChI is InChI=1S/C27H28F3N5O3/c1-2-26(12-6-3-7-13-26)33-23(36)20-16-31-24(32-22(20)27(28,29)30)34-14-10-19(11-15-34)35-21-9-5-4-8-18(21)17-38-25(35)37/h1,4-5,8-9,16,19H,3,6-7,10-15,17H2,(H,33,36). The highest BCUT2D eigenvalue weighted by Gasteiger charge is 2.41. The zero-order valence-electron chi connectivity index (χ0n) is 20.8. The van der Waals surface area contributed by atoms with Crippen LogP contribution in [0.5, 0.6) is 0 Å². The lowest BCUT2D eigenvalue weighted by molar-refractivity contribution is -0.141. The lowest BCUT2D eigenvalue weighted by atomic mass is 9.82. The molecule has 1 aromatic heterocycles. The Morgan fingerprint density at radius 3 is 2.55 bits per heavy atom. The molecule has 11 heteroatoms. The van der Waals surface area contributed by atoms with Gasteiger partial charge in [0.15, 0.2) is 5.69 Å². The molecule has 0 bridgehead atoms. The van der Waals surface area contributed by atoms with Gasteiger partial charge in [0.05, 0.1) is 11.3 Å². The first-order valence-electron chi connectivity index (χ1n) is 12.7. The molecular weight excluding hydrogens is 499 g/mol. The van der Waals surface area contributed by atoms with Gasteiger partial charge in [0.25, 0.3) is 5.91 Å². The summed E-state index contributed by atoms with van der Waals surface area (Å²) in [6.07, 6.45) is 5.84. The molecule has 8 nitrogen and oxygen atoms in total. The summed E-state index contributed by atoms with van der Waals surface area (Å²) in [5, 5.41) is 2.65. The van der Waals surface area contributed by atoms with Gasteiger partial charge >= 0.3 is 12.3 Å². The molecule has 1 N–H and O–H groups in total. The van der Waals surface area contributed by atoms with Crippen LogP contribution in [-0.4, -0.2) is 46.6 Å². The molecule has 2 amide bonds. The second kappa shape index (κ2) is 10.2. The van der Waals surface area contributed by atoms with Gasteiger partial charge in [-0.2, -0.15) is 13.2 Å². The molecule has 1 aliphatic carbocycles. The number of nitrogens with zero attached hydrogens (tertiary/aromatic N) is 4. The van der Waals surface area contributed by atoms with Crippen LogP contribution in [0.15, 0.2) is 30.5 Å². The number of carbonyl (C=O) groups is 2. The van der Waals surface area contributed by atoms with Crippen LogP contribution in [0, 0.1) is 12.3 Å². The Kier molecular flexibility index (Phi) is 6.90. The van der Waals surface area contributed by atoms with Crippen molar-refractivity contribution >= 4 is 23.6 Å². The van der Waals surface area contributed by atoms with Gasteiger partial charge in [-0.3, -0.25) is 9.69 Å². The Labute approximate surface area is 218 Å². The maximum absolute atomic E-state index is 14.0. The van der Waals surface area contributed by atoms with E-state index in [0.717, 1.165) is 36.7 Å². The highest BCUT2D eigenvalue weighted by atomic mass is 19.4. The number of ether oxygens (including phenoxy) is 1. The van der Waals surface area contributed by atoms with Crippen molar-refractivity contribution in [1.82, 2.24) is 15.3 Å². The van der Waals surface area contributed by atoms with Crippen LogP contribution in [0.4, 0.5) is 29.6 Å². The number of aromatic nitrogens is 2. The van der Waals surface area contributed by atoms with E-state index in [4.69, 9.17) is 11.2 Å². The van der Waals surface area contributed by atoms with E-state index in [1.54, 1.807) is 9.80 Å². The third-order valence-electron chi connectivity index (χ3n) is 7.54. The molecule has 1 aromatic carbocycles. The minimum absolute atomic E-state index is 0.113. The number of hydrogen-bond donors (Lipinski definition) is 1. The van der Waals surface area contributed by atoms with Crippen molar-refractivity contribution in [2.24, 2.45) is 0 Å². The summed E-state index contributed by atoms with van der Waals surface area (Å²) in [5.41, 5.74) is -1.22. The second-order valence-corrected chi connectivity index (χ2v) is 9.94. The first-order chi connectivity index (χ1) is 18.2. The highest BCUT2D eigenvalue weighted by Crippen LogP contribution is 2.35. The zero-order valence-corrected chi connectivity index (χ0v) is 20.8. The Bertz CT molecular complexity index is 1260. The fourth-order valence-electron chi connectivity index (χ4n) is 5.50. The molecule has 3 heterocycles. The second-order valence-electron chi connectivity index (χ2n) is 9.94. The molecule has 0 radical (unpaired) electrons. The molecule has 5 rings (SSSR count). The minimum atomic E-state index is -4.86. The molecule has 2 aliphatic heterocycles. The lowest BCUT2D eigenvalue weighted by Gasteiger charge is -2.40. The summed E-state index contributed by atoms with van der Waals surface area (Å²) in [4.78, 5) is 36.7. The van der Waals surface area contributed by atoms with Crippen molar-refractivity contribution in [1.29, 1.82) is 0 Å². The van der Waals surface area contributed by atoms with Gasteiger partial charge in [-0.25, -0.2) is 14.8 Å². The monoisotopic (exact) mass is 527 g/mol. The maximum Gasteiger partial charge on any atom is 0.434 e. The topological polar surface area (TPSA) is 87.7 Å². The largest absolute Gasteiger partial charge is 0.444 e. The molecule has 1 saturated carbocycles. The summed E-state index contributed by atoms with van der Waals surface area (Å²) in [6.45, 7) is 0.875. The van der Waals surface area contributed by atoms with E-state index in [2.05, 4.69) is 21.2 Å². The van der Waals surface area contributed by atoms with E-state index in [9.17, 15) is 22.8 Å². The van der Waals surface area contributed by atoms with Gasteiger partial charge in [0.1, 0.15) is 12.1 Å². The predicted molar refractivity (Wildman–Crippen MR) is 133 cm³/mol. The lowest BCUT2D eigenvalue weighted by Crippen LogP contribution is -2.50. The van der Waals surface area contributed by atoms with Crippen molar-refractivity contribution in [3.05, 3.63) is 47.3 Å². The minimum Gasteiger partial charge on any atom is -0.444 e. The van der Waals surface area contributed by atoms with Gasteiger partial charge in [-0.1, -0.05) is 43.4 Å². The number of rotatable bonds is 4. The van der Waals surface area contributed by atoms with Crippen molar-refractivity contribution in [3.63, 3.8) is 0 Å². The zero-order chi connectivity index (χ0) is 26.9. The molecule has 3 aliphatic rings. The van der Waals surface area contributed by atoms with Crippen molar-refractivity contribution in [3.8, 4) is 12.3 Å². The molecule has 0 atom stereocenters. The Balaban J connectivity index is 1.33. The highest BCUT2D eigenvalue weighted by molar-refractivity contribution is 5.96. The van der Waals surface area contributed by atoms with Crippen molar-refractivity contribution < 1.29 is 27.5 Å². The predicted octanol–water partition coefficient (Wildman–Crippen LogP) is 4.69. The van der Waals surface area contributed by atoms with Crippen LogP contribution in [-0.2, 0) is 17.5 Å². The van der Waals surface area contributed by atoms with Gasteiger partial charge in [-0.05, 0) is 31.7 Å². The quantitative estimate of drug-likeness (QED) is 0.581. The smallest absolute Gasteiger partial charge is 0.434 e. The fourth-order valence-corrected chi connectivity index (χ4v) is 5.50. The number of cyclic esters (lactones) is 1. The number of piperidine rings is 1. The number of alkyl halides is 3. The van der Waals surface area contributed by atoms with Crippen LogP contribution in [0.3, 0.4) is 0 Å². The number of amides is 2. The summed E-state index contributed by atoms with van der Waals surface area (Å²) in [5.74, 6) is 1.54. The van der Waals surface area contributed by atoms with Gasteiger partial charge in [0, 0.05) is 30.9 Å². The van der Waals surface area contributed by atoms with Crippen molar-refractivity contribution in [2.75, 3.05) is 22.9 Å². The normalized spacial score (nSPS) is 19.8. The molecule has 38 heavy (non-hydrogen) atoms. The number of carbonyl (C=O) groups excluding carboxylic acids is 2. The average Bonchev–Trinajstić information content (AvgIpc) is 2.93. The first kappa shape index (κ1) is 25.8. The molecule has 2 fully saturated rings. The van der Waals surface area contributed by atoms with Gasteiger partial charge < -0.3 is 15.0 Å². The summed E-state index contributed by atoms with van der Waals surface area (Å²) >= 11 is 0. The van der Waals surface area contributed by atoms with Crippen LogP contribution >= 0.6 is 0 Å². The van der Waals surface area contributed by atoms with E-state index in [-0.39, 0.29) is 18.6 Å². The molecule has 200 valence electrons. The van der Waals surface area contributed by atoms with Crippen molar-refractivity contribution in [2.45, 2.75) is 69.3 Å². The van der Waals surface area contributed by atoms with Gasteiger partial charge in [0.2, 0.25) is 5.95 Å². The average molecular weight is 528 g/mol. The number of terminal acetylenes is 1. The third kappa shape index (κ3) is 4.99. The number of benzene rings is 1. The SMILES string of the molecule is C#CC1(NC(=O)c2cnc(N3CCC(N4C(=O)OCc5ccccc54)CC3)nc2C(F)(F)F)CCCCC1. The number of nitrogens with one attached hydrogen (secondary N) is 1. The first-order valence-corrected chi connectivity index (χ1v) is 12.7. The van der Waals surface area contributed by atoms with Gasteiger partial charge in [-0.15, -0.1) is 6.42 Å². The van der Waals surface area contributed by atoms with Crippen LogP contribution in [0.1, 0.15) is 66.6 Å². The summed E-state index contributed by atoms with van der Waals surface area (Å²) in [7, 11) is 0. The van der Waals surface area contributed by atoms with E-state index < -0.39 is 35.0 Å². The molecule has 2 aromatic rings. The van der Waals surface area contributed by atoms with Crippen LogP contribution < -0.4 is 15.1 Å². The maximum atomic E-state index is 14.0. The summed E-state index contributed by atoms with van der Waals surface area (Å²) in [6, 6.07) is 7.31. The molecule has 0 unspecified atom stereocenters. The number of anilines is 2.